The molecule has 0 aromatic heterocycles. The fraction of sp³-hybridized carbons (Fsp3) is 0.682. The molecule has 0 amide bonds. The van der Waals surface area contributed by atoms with E-state index in [9.17, 15) is 0 Å². The zero-order chi connectivity index (χ0) is 20.4. The van der Waals surface area contributed by atoms with Gasteiger partial charge in [0, 0.05) is 45.8 Å². The summed E-state index contributed by atoms with van der Waals surface area (Å²) >= 11 is 0. The normalized spacial score (nSPS) is 16.6. The van der Waals surface area contributed by atoms with Crippen LogP contribution in [-0.4, -0.2) is 75.8 Å². The van der Waals surface area contributed by atoms with Gasteiger partial charge in [-0.2, -0.15) is 0 Å². The van der Waals surface area contributed by atoms with Gasteiger partial charge in [-0.05, 0) is 37.6 Å². The maximum absolute atomic E-state index is 5.52. The van der Waals surface area contributed by atoms with E-state index in [-0.39, 0.29) is 24.0 Å². The Balaban J connectivity index is 0.00000420. The Kier molecular flexibility index (Phi) is 12.8. The third-order valence-electron chi connectivity index (χ3n) is 4.98. The highest BCUT2D eigenvalue weighted by Crippen LogP contribution is 2.13. The molecule has 0 saturated carbocycles. The van der Waals surface area contributed by atoms with Crippen LogP contribution in [0.1, 0.15) is 31.4 Å². The molecule has 1 atom stereocenters. The van der Waals surface area contributed by atoms with E-state index >= 15 is 0 Å². The highest BCUT2D eigenvalue weighted by atomic mass is 127. The van der Waals surface area contributed by atoms with Crippen LogP contribution in [-0.2, 0) is 17.8 Å². The van der Waals surface area contributed by atoms with Crippen LogP contribution in [0.15, 0.2) is 29.3 Å². The van der Waals surface area contributed by atoms with E-state index in [1.807, 2.05) is 7.05 Å². The second-order valence-corrected chi connectivity index (χ2v) is 8.30. The van der Waals surface area contributed by atoms with E-state index < -0.39 is 0 Å². The summed E-state index contributed by atoms with van der Waals surface area (Å²) in [6.07, 6.45) is 1.18. The van der Waals surface area contributed by atoms with E-state index in [1.165, 1.54) is 17.5 Å². The summed E-state index contributed by atoms with van der Waals surface area (Å²) in [6.45, 7) is 10.9. The Morgan fingerprint density at radius 3 is 2.48 bits per heavy atom. The lowest BCUT2D eigenvalue weighted by Crippen LogP contribution is -2.50. The Labute approximate surface area is 194 Å². The van der Waals surface area contributed by atoms with Crippen LogP contribution in [0.25, 0.3) is 0 Å². The highest BCUT2D eigenvalue weighted by Gasteiger charge is 2.22. The Morgan fingerprint density at radius 2 is 1.86 bits per heavy atom. The number of morpholine rings is 1. The zero-order valence-corrected chi connectivity index (χ0v) is 21.1. The van der Waals surface area contributed by atoms with Gasteiger partial charge in [0.05, 0.1) is 13.2 Å². The van der Waals surface area contributed by atoms with Crippen LogP contribution in [0, 0.1) is 5.92 Å². The molecule has 166 valence electrons. The first-order valence-electron chi connectivity index (χ1n) is 10.5. The maximum atomic E-state index is 5.52. The molecule has 0 aliphatic carbocycles. The van der Waals surface area contributed by atoms with E-state index in [0.29, 0.717) is 12.0 Å². The Bertz CT molecular complexity index is 603. The molecule has 1 fully saturated rings. The SMILES string of the molecule is CN=C(NCc1cccc(CN(C)C)c1)NCC(CC(C)C)N1CCOCC1.I. The lowest BCUT2D eigenvalue weighted by molar-refractivity contribution is 0.0132. The molecular weight excluding hydrogens is 477 g/mol. The molecule has 1 heterocycles. The van der Waals surface area contributed by atoms with Crippen molar-refractivity contribution in [3.63, 3.8) is 0 Å². The first-order valence-corrected chi connectivity index (χ1v) is 10.5. The summed E-state index contributed by atoms with van der Waals surface area (Å²) in [5.41, 5.74) is 2.60. The lowest BCUT2D eigenvalue weighted by Gasteiger charge is -2.35. The van der Waals surface area contributed by atoms with Gasteiger partial charge in [-0.3, -0.25) is 9.89 Å². The molecule has 1 aromatic rings. The fourth-order valence-corrected chi connectivity index (χ4v) is 3.67. The largest absolute Gasteiger partial charge is 0.379 e. The molecule has 0 bridgehead atoms. The van der Waals surface area contributed by atoms with Crippen molar-refractivity contribution >= 4 is 29.9 Å². The number of benzene rings is 1. The molecule has 1 saturated heterocycles. The number of ether oxygens (including phenoxy) is 1. The quantitative estimate of drug-likeness (QED) is 0.300. The average Bonchev–Trinajstić information content (AvgIpc) is 2.67. The molecule has 7 heteroatoms. The number of hydrogen-bond donors (Lipinski definition) is 2. The van der Waals surface area contributed by atoms with Crippen LogP contribution in [0.5, 0.6) is 0 Å². The summed E-state index contributed by atoms with van der Waals surface area (Å²) in [4.78, 5) is 9.15. The van der Waals surface area contributed by atoms with Crippen LogP contribution >= 0.6 is 24.0 Å². The van der Waals surface area contributed by atoms with Gasteiger partial charge in [0.25, 0.3) is 0 Å². The molecule has 6 nitrogen and oxygen atoms in total. The van der Waals surface area contributed by atoms with Gasteiger partial charge in [-0.15, -0.1) is 24.0 Å². The number of rotatable bonds is 9. The molecular formula is C22H40IN5O. The fourth-order valence-electron chi connectivity index (χ4n) is 3.67. The topological polar surface area (TPSA) is 52.1 Å². The number of aliphatic imine (C=N–C) groups is 1. The van der Waals surface area contributed by atoms with Crippen molar-refractivity contribution in [1.29, 1.82) is 0 Å². The van der Waals surface area contributed by atoms with E-state index in [4.69, 9.17) is 4.74 Å². The number of nitrogens with zero attached hydrogens (tertiary/aromatic N) is 3. The highest BCUT2D eigenvalue weighted by molar-refractivity contribution is 14.0. The maximum Gasteiger partial charge on any atom is 0.191 e. The molecule has 1 aliphatic rings. The molecule has 29 heavy (non-hydrogen) atoms. The van der Waals surface area contributed by atoms with Crippen molar-refractivity contribution in [2.24, 2.45) is 10.9 Å². The van der Waals surface area contributed by atoms with Crippen LogP contribution < -0.4 is 10.6 Å². The third-order valence-corrected chi connectivity index (χ3v) is 4.98. The van der Waals surface area contributed by atoms with Gasteiger partial charge < -0.3 is 20.3 Å². The summed E-state index contributed by atoms with van der Waals surface area (Å²) in [7, 11) is 6.03. The Morgan fingerprint density at radius 1 is 1.17 bits per heavy atom. The monoisotopic (exact) mass is 517 g/mol. The van der Waals surface area contributed by atoms with Crippen LogP contribution in [0.3, 0.4) is 0 Å². The van der Waals surface area contributed by atoms with Gasteiger partial charge in [0.2, 0.25) is 0 Å². The van der Waals surface area contributed by atoms with E-state index in [2.05, 4.69) is 77.6 Å². The summed E-state index contributed by atoms with van der Waals surface area (Å²) in [5.74, 6) is 1.53. The third kappa shape index (κ3) is 10.1. The lowest BCUT2D eigenvalue weighted by atomic mass is 10.0. The smallest absolute Gasteiger partial charge is 0.191 e. The second-order valence-electron chi connectivity index (χ2n) is 8.30. The number of nitrogens with one attached hydrogen (secondary N) is 2. The zero-order valence-electron chi connectivity index (χ0n) is 18.8. The second kappa shape index (κ2) is 14.2. The van der Waals surface area contributed by atoms with Gasteiger partial charge in [-0.1, -0.05) is 38.1 Å². The van der Waals surface area contributed by atoms with Crippen LogP contribution in [0.2, 0.25) is 0 Å². The van der Waals surface area contributed by atoms with Gasteiger partial charge >= 0.3 is 0 Å². The molecule has 1 aromatic carbocycles. The number of hydrogen-bond acceptors (Lipinski definition) is 4. The van der Waals surface area contributed by atoms with Crippen molar-refractivity contribution in [2.75, 3.05) is 54.0 Å². The summed E-state index contributed by atoms with van der Waals surface area (Å²) in [5, 5.41) is 7.00. The predicted octanol–water partition coefficient (Wildman–Crippen LogP) is 2.78. The minimum atomic E-state index is 0. The van der Waals surface area contributed by atoms with Crippen molar-refractivity contribution < 1.29 is 4.74 Å². The molecule has 0 spiro atoms. The minimum Gasteiger partial charge on any atom is -0.379 e. The molecule has 1 unspecified atom stereocenters. The summed E-state index contributed by atoms with van der Waals surface area (Å²) in [6, 6.07) is 9.23. The molecule has 2 rings (SSSR count). The van der Waals surface area contributed by atoms with Crippen molar-refractivity contribution in [1.82, 2.24) is 20.4 Å². The molecule has 2 N–H and O–H groups in total. The minimum absolute atomic E-state index is 0. The average molecular weight is 518 g/mol. The van der Waals surface area contributed by atoms with E-state index in [0.717, 1.165) is 51.9 Å². The summed E-state index contributed by atoms with van der Waals surface area (Å²) < 4.78 is 5.52. The number of guanidine groups is 1. The van der Waals surface area contributed by atoms with Crippen LogP contribution in [0.4, 0.5) is 0 Å². The molecule has 0 radical (unpaired) electrons. The van der Waals surface area contributed by atoms with Crippen molar-refractivity contribution in [3.8, 4) is 0 Å². The van der Waals surface area contributed by atoms with E-state index in [1.54, 1.807) is 0 Å². The van der Waals surface area contributed by atoms with Gasteiger partial charge in [-0.25, -0.2) is 0 Å². The number of halogens is 1. The predicted molar refractivity (Wildman–Crippen MR) is 133 cm³/mol. The Hall–Kier alpha value is -0.900. The standard InChI is InChI=1S/C22H39N5O.HI/c1-18(2)13-21(27-9-11-28-12-10-27)16-25-22(23-3)24-15-19-7-6-8-20(14-19)17-26(4)5;/h6-8,14,18,21H,9-13,15-17H2,1-5H3,(H2,23,24,25);1H. The van der Waals surface area contributed by atoms with Crippen molar-refractivity contribution in [2.45, 2.75) is 39.4 Å². The van der Waals surface area contributed by atoms with Gasteiger partial charge in [0.1, 0.15) is 0 Å². The van der Waals surface area contributed by atoms with Gasteiger partial charge in [0.15, 0.2) is 5.96 Å². The molecule has 1 aliphatic heterocycles. The first kappa shape index (κ1) is 26.1. The van der Waals surface area contributed by atoms with Crippen molar-refractivity contribution in [3.05, 3.63) is 35.4 Å². The first-order chi connectivity index (χ1) is 13.5.